The standard InChI is InChI=1S/C18H26N4O4/c1-14(2)20-17(24)22-7-4-9-25-18(13-22)12-21(8-10-26-18)16(23)15-5-3-6-19-11-15/h3,5-6,11,14H,4,7-10,12-13H2,1-2H3,(H,20,24). The molecule has 3 amide bonds. The van der Waals surface area contributed by atoms with Gasteiger partial charge in [0.2, 0.25) is 5.79 Å². The van der Waals surface area contributed by atoms with Crippen molar-refractivity contribution in [2.75, 3.05) is 39.4 Å². The molecule has 2 aliphatic heterocycles. The lowest BCUT2D eigenvalue weighted by molar-refractivity contribution is -0.258. The van der Waals surface area contributed by atoms with Gasteiger partial charge >= 0.3 is 6.03 Å². The molecule has 1 unspecified atom stereocenters. The van der Waals surface area contributed by atoms with E-state index in [4.69, 9.17) is 9.47 Å². The molecule has 8 heteroatoms. The maximum absolute atomic E-state index is 12.8. The molecule has 0 saturated carbocycles. The number of pyridine rings is 1. The molecule has 0 bridgehead atoms. The third kappa shape index (κ3) is 4.31. The monoisotopic (exact) mass is 362 g/mol. The van der Waals surface area contributed by atoms with Crippen molar-refractivity contribution in [2.45, 2.75) is 32.1 Å². The molecule has 2 saturated heterocycles. The lowest BCUT2D eigenvalue weighted by Crippen LogP contribution is -2.60. The minimum atomic E-state index is -0.985. The van der Waals surface area contributed by atoms with Gasteiger partial charge in [0.1, 0.15) is 0 Å². The number of nitrogens with one attached hydrogen (secondary N) is 1. The van der Waals surface area contributed by atoms with Crippen LogP contribution in [0.4, 0.5) is 4.79 Å². The molecule has 1 N–H and O–H groups in total. The second-order valence-electron chi connectivity index (χ2n) is 6.96. The minimum absolute atomic E-state index is 0.0542. The van der Waals surface area contributed by atoms with Crippen LogP contribution in [0.15, 0.2) is 24.5 Å². The molecule has 3 rings (SSSR count). The van der Waals surface area contributed by atoms with Gasteiger partial charge in [-0.3, -0.25) is 9.78 Å². The highest BCUT2D eigenvalue weighted by Gasteiger charge is 2.43. The summed E-state index contributed by atoms with van der Waals surface area (Å²) >= 11 is 0. The third-order valence-electron chi connectivity index (χ3n) is 4.42. The molecule has 1 aromatic heterocycles. The van der Waals surface area contributed by atoms with E-state index >= 15 is 0 Å². The molecule has 1 aromatic rings. The first-order valence-corrected chi connectivity index (χ1v) is 9.02. The van der Waals surface area contributed by atoms with Crippen LogP contribution in [0.25, 0.3) is 0 Å². The summed E-state index contributed by atoms with van der Waals surface area (Å²) in [5.41, 5.74) is 0.535. The highest BCUT2D eigenvalue weighted by Crippen LogP contribution is 2.25. The van der Waals surface area contributed by atoms with E-state index in [9.17, 15) is 9.59 Å². The Morgan fingerprint density at radius 1 is 1.19 bits per heavy atom. The van der Waals surface area contributed by atoms with Crippen LogP contribution in [0, 0.1) is 0 Å². The lowest BCUT2D eigenvalue weighted by atomic mass is 10.1. The summed E-state index contributed by atoms with van der Waals surface area (Å²) in [4.78, 5) is 32.6. The van der Waals surface area contributed by atoms with Crippen molar-refractivity contribution in [3.05, 3.63) is 30.1 Å². The zero-order chi connectivity index (χ0) is 18.6. The maximum Gasteiger partial charge on any atom is 0.317 e. The van der Waals surface area contributed by atoms with Crippen molar-refractivity contribution < 1.29 is 19.1 Å². The molecule has 142 valence electrons. The quantitative estimate of drug-likeness (QED) is 0.851. The van der Waals surface area contributed by atoms with Crippen molar-refractivity contribution in [3.63, 3.8) is 0 Å². The zero-order valence-corrected chi connectivity index (χ0v) is 15.3. The van der Waals surface area contributed by atoms with Crippen molar-refractivity contribution in [1.82, 2.24) is 20.1 Å². The largest absolute Gasteiger partial charge is 0.347 e. The van der Waals surface area contributed by atoms with Crippen LogP contribution >= 0.6 is 0 Å². The average molecular weight is 362 g/mol. The molecule has 26 heavy (non-hydrogen) atoms. The van der Waals surface area contributed by atoms with Gasteiger partial charge in [-0.2, -0.15) is 0 Å². The van der Waals surface area contributed by atoms with Gasteiger partial charge in [0.15, 0.2) is 0 Å². The average Bonchev–Trinajstić information content (AvgIpc) is 2.84. The van der Waals surface area contributed by atoms with Gasteiger partial charge in [-0.25, -0.2) is 4.79 Å². The molecule has 2 aliphatic rings. The van der Waals surface area contributed by atoms with Gasteiger partial charge in [0.05, 0.1) is 31.9 Å². The minimum Gasteiger partial charge on any atom is -0.347 e. The van der Waals surface area contributed by atoms with Crippen LogP contribution in [0.2, 0.25) is 0 Å². The summed E-state index contributed by atoms with van der Waals surface area (Å²) in [7, 11) is 0. The predicted molar refractivity (Wildman–Crippen MR) is 94.6 cm³/mol. The summed E-state index contributed by atoms with van der Waals surface area (Å²) in [6.45, 7) is 6.36. The Morgan fingerprint density at radius 3 is 2.69 bits per heavy atom. The first kappa shape index (κ1) is 18.6. The number of ether oxygens (including phenoxy) is 2. The SMILES string of the molecule is CC(C)NC(=O)N1CCCOC2(C1)CN(C(=O)c1cccnc1)CCO2. The molecule has 1 spiro atoms. The summed E-state index contributed by atoms with van der Waals surface area (Å²) in [6, 6.07) is 3.40. The van der Waals surface area contributed by atoms with Crippen molar-refractivity contribution >= 4 is 11.9 Å². The Labute approximate surface area is 153 Å². The lowest BCUT2D eigenvalue weighted by Gasteiger charge is -2.43. The highest BCUT2D eigenvalue weighted by atomic mass is 16.7. The second-order valence-corrected chi connectivity index (χ2v) is 6.96. The van der Waals surface area contributed by atoms with Gasteiger partial charge < -0.3 is 24.6 Å². The maximum atomic E-state index is 12.8. The topological polar surface area (TPSA) is 84.0 Å². The summed E-state index contributed by atoms with van der Waals surface area (Å²) < 4.78 is 11.9. The van der Waals surface area contributed by atoms with E-state index in [1.807, 2.05) is 13.8 Å². The zero-order valence-electron chi connectivity index (χ0n) is 15.3. The number of carbonyl (C=O) groups is 2. The predicted octanol–water partition coefficient (Wildman–Crippen LogP) is 1.09. The smallest absolute Gasteiger partial charge is 0.317 e. The Morgan fingerprint density at radius 2 is 1.96 bits per heavy atom. The number of urea groups is 1. The molecule has 1 atom stereocenters. The fourth-order valence-electron chi connectivity index (χ4n) is 3.23. The fourth-order valence-corrected chi connectivity index (χ4v) is 3.23. The number of amides is 3. The number of morpholine rings is 1. The summed E-state index contributed by atoms with van der Waals surface area (Å²) in [6.07, 6.45) is 3.92. The number of nitrogens with zero attached hydrogens (tertiary/aromatic N) is 3. The first-order chi connectivity index (χ1) is 12.5. The van der Waals surface area contributed by atoms with Crippen LogP contribution in [0.5, 0.6) is 0 Å². The van der Waals surface area contributed by atoms with E-state index in [0.717, 1.165) is 6.42 Å². The highest BCUT2D eigenvalue weighted by molar-refractivity contribution is 5.94. The molecule has 0 radical (unpaired) electrons. The third-order valence-corrected chi connectivity index (χ3v) is 4.42. The number of rotatable bonds is 2. The number of hydrogen-bond acceptors (Lipinski definition) is 5. The molecule has 2 fully saturated rings. The van der Waals surface area contributed by atoms with Gasteiger partial charge in [-0.15, -0.1) is 0 Å². The van der Waals surface area contributed by atoms with E-state index in [1.165, 1.54) is 0 Å². The molecule has 8 nitrogen and oxygen atoms in total. The van der Waals surface area contributed by atoms with Gasteiger partial charge in [-0.05, 0) is 32.4 Å². The normalized spacial score (nSPS) is 23.8. The van der Waals surface area contributed by atoms with E-state index in [2.05, 4.69) is 10.3 Å². The fraction of sp³-hybridized carbons (Fsp3) is 0.611. The number of aromatic nitrogens is 1. The molecule has 3 heterocycles. The summed E-state index contributed by atoms with van der Waals surface area (Å²) in [5.74, 6) is -1.09. The first-order valence-electron chi connectivity index (χ1n) is 9.02. The van der Waals surface area contributed by atoms with Crippen LogP contribution in [-0.2, 0) is 9.47 Å². The molecular formula is C18H26N4O4. The number of carbonyl (C=O) groups excluding carboxylic acids is 2. The van der Waals surface area contributed by atoms with E-state index in [-0.39, 0.29) is 24.5 Å². The Hall–Kier alpha value is -2.19. The second kappa shape index (κ2) is 8.01. The van der Waals surface area contributed by atoms with Crippen LogP contribution in [0.1, 0.15) is 30.6 Å². The number of hydrogen-bond donors (Lipinski definition) is 1. The Kier molecular flexibility index (Phi) is 5.73. The molecule has 0 aromatic carbocycles. The Bertz CT molecular complexity index is 639. The van der Waals surface area contributed by atoms with Crippen LogP contribution in [0.3, 0.4) is 0 Å². The summed E-state index contributed by atoms with van der Waals surface area (Å²) in [5, 5.41) is 2.91. The molecular weight excluding hydrogens is 336 g/mol. The van der Waals surface area contributed by atoms with Crippen LogP contribution < -0.4 is 5.32 Å². The molecule has 0 aliphatic carbocycles. The van der Waals surface area contributed by atoms with Crippen LogP contribution in [-0.4, -0.2) is 77.9 Å². The van der Waals surface area contributed by atoms with Crippen molar-refractivity contribution in [2.24, 2.45) is 0 Å². The van der Waals surface area contributed by atoms with E-state index in [1.54, 1.807) is 34.3 Å². The van der Waals surface area contributed by atoms with E-state index < -0.39 is 5.79 Å². The van der Waals surface area contributed by atoms with E-state index in [0.29, 0.717) is 38.4 Å². The van der Waals surface area contributed by atoms with Crippen molar-refractivity contribution in [1.29, 1.82) is 0 Å². The van der Waals surface area contributed by atoms with Crippen molar-refractivity contribution in [3.8, 4) is 0 Å². The Balaban J connectivity index is 1.73. The van der Waals surface area contributed by atoms with Gasteiger partial charge in [-0.1, -0.05) is 0 Å². The van der Waals surface area contributed by atoms with Gasteiger partial charge in [0.25, 0.3) is 5.91 Å². The van der Waals surface area contributed by atoms with Gasteiger partial charge in [0, 0.05) is 31.5 Å².